The van der Waals surface area contributed by atoms with Gasteiger partial charge in [-0.1, -0.05) is 18.2 Å². The highest BCUT2D eigenvalue weighted by molar-refractivity contribution is 6.07. The molecule has 3 aromatic rings. The van der Waals surface area contributed by atoms with Crippen LogP contribution in [0.3, 0.4) is 0 Å². The van der Waals surface area contributed by atoms with Gasteiger partial charge in [-0.15, -0.1) is 0 Å². The number of anilines is 1. The van der Waals surface area contributed by atoms with Gasteiger partial charge in [-0.25, -0.2) is 9.37 Å². The van der Waals surface area contributed by atoms with Gasteiger partial charge in [-0.2, -0.15) is 0 Å². The topological polar surface area (TPSA) is 57.7 Å². The summed E-state index contributed by atoms with van der Waals surface area (Å²) in [5.41, 5.74) is 2.37. The Bertz CT molecular complexity index is 1140. The summed E-state index contributed by atoms with van der Waals surface area (Å²) < 4.78 is 19.1. The molecule has 7 heteroatoms. The summed E-state index contributed by atoms with van der Waals surface area (Å²) in [6.45, 7) is 3.84. The number of piperazine rings is 1. The molecule has 1 aromatic heterocycles. The smallest absolute Gasteiger partial charge is 0.252 e. The highest BCUT2D eigenvalue weighted by atomic mass is 19.1. The van der Waals surface area contributed by atoms with Crippen LogP contribution in [0.2, 0.25) is 0 Å². The number of nitrogens with zero attached hydrogens (tertiary/aromatic N) is 3. The number of carbonyl (C=O) groups excluding carboxylic acids is 1. The van der Waals surface area contributed by atoms with Gasteiger partial charge in [-0.05, 0) is 43.2 Å². The van der Waals surface area contributed by atoms with Crippen LogP contribution in [0.4, 0.5) is 10.2 Å². The molecule has 166 valence electrons. The number of hydrogen-bond acceptors (Lipinski definition) is 5. The van der Waals surface area contributed by atoms with Gasteiger partial charge in [0.05, 0.1) is 18.2 Å². The minimum Gasteiger partial charge on any atom is -0.496 e. The van der Waals surface area contributed by atoms with E-state index in [-0.39, 0.29) is 11.7 Å². The normalized spacial score (nSPS) is 16.9. The van der Waals surface area contributed by atoms with Gasteiger partial charge in [0.1, 0.15) is 17.4 Å². The molecular formula is C25H27FN4O2. The zero-order chi connectivity index (χ0) is 22.1. The molecule has 1 aliphatic carbocycles. The third-order valence-electron chi connectivity index (χ3n) is 6.19. The summed E-state index contributed by atoms with van der Waals surface area (Å²) in [4.78, 5) is 22.2. The van der Waals surface area contributed by atoms with Crippen LogP contribution in [0, 0.1) is 5.82 Å². The molecule has 1 saturated heterocycles. The zero-order valence-electron chi connectivity index (χ0n) is 18.2. The van der Waals surface area contributed by atoms with Crippen LogP contribution in [0.15, 0.2) is 48.5 Å². The molecule has 2 fully saturated rings. The molecule has 1 N–H and O–H groups in total. The average Bonchev–Trinajstić information content (AvgIpc) is 3.63. The first-order valence-corrected chi connectivity index (χ1v) is 11.1. The fourth-order valence-electron chi connectivity index (χ4n) is 4.25. The Morgan fingerprint density at radius 1 is 1.12 bits per heavy atom. The van der Waals surface area contributed by atoms with E-state index in [4.69, 9.17) is 9.72 Å². The molecule has 0 radical (unpaired) electrons. The van der Waals surface area contributed by atoms with Crippen molar-refractivity contribution in [1.29, 1.82) is 0 Å². The second-order valence-corrected chi connectivity index (χ2v) is 8.51. The molecule has 0 spiro atoms. The van der Waals surface area contributed by atoms with Crippen LogP contribution in [0.25, 0.3) is 10.9 Å². The lowest BCUT2D eigenvalue weighted by Gasteiger charge is -2.35. The second kappa shape index (κ2) is 8.74. The van der Waals surface area contributed by atoms with Gasteiger partial charge in [0, 0.05) is 49.7 Å². The van der Waals surface area contributed by atoms with Crippen molar-refractivity contribution in [2.24, 2.45) is 0 Å². The summed E-state index contributed by atoms with van der Waals surface area (Å²) in [5, 5.41) is 3.99. The molecule has 0 unspecified atom stereocenters. The summed E-state index contributed by atoms with van der Waals surface area (Å²) in [7, 11) is 1.61. The van der Waals surface area contributed by atoms with E-state index in [2.05, 4.69) is 15.1 Å². The van der Waals surface area contributed by atoms with Crippen molar-refractivity contribution >= 4 is 22.6 Å². The summed E-state index contributed by atoms with van der Waals surface area (Å²) in [6, 6.07) is 14.7. The quantitative estimate of drug-likeness (QED) is 0.643. The first-order chi connectivity index (χ1) is 15.6. The minimum atomic E-state index is -0.253. The molecule has 2 aromatic carbocycles. The summed E-state index contributed by atoms with van der Waals surface area (Å²) in [6.07, 6.45) is 2.11. The van der Waals surface area contributed by atoms with E-state index >= 15 is 0 Å². The van der Waals surface area contributed by atoms with E-state index in [1.54, 1.807) is 19.2 Å². The molecule has 1 amide bonds. The first kappa shape index (κ1) is 20.7. The fourth-order valence-corrected chi connectivity index (χ4v) is 4.25. The maximum Gasteiger partial charge on any atom is 0.252 e. The third kappa shape index (κ3) is 4.39. The highest BCUT2D eigenvalue weighted by Gasteiger charge is 2.26. The number of pyridine rings is 1. The van der Waals surface area contributed by atoms with E-state index in [9.17, 15) is 9.18 Å². The number of ether oxygens (including phenoxy) is 1. The number of fused-ring (bicyclic) bond motifs is 1. The highest BCUT2D eigenvalue weighted by Crippen LogP contribution is 2.27. The number of halogens is 1. The van der Waals surface area contributed by atoms with Crippen molar-refractivity contribution in [3.8, 4) is 5.75 Å². The number of amides is 1. The number of aromatic nitrogens is 1. The van der Waals surface area contributed by atoms with Crippen molar-refractivity contribution in [1.82, 2.24) is 15.2 Å². The molecule has 0 atom stereocenters. The Labute approximate surface area is 187 Å². The van der Waals surface area contributed by atoms with Crippen LogP contribution in [0.5, 0.6) is 5.75 Å². The Morgan fingerprint density at radius 2 is 1.91 bits per heavy atom. The summed E-state index contributed by atoms with van der Waals surface area (Å²) >= 11 is 0. The van der Waals surface area contributed by atoms with Crippen LogP contribution in [0.1, 0.15) is 28.8 Å². The maximum atomic E-state index is 13.7. The molecule has 32 heavy (non-hydrogen) atoms. The predicted molar refractivity (Wildman–Crippen MR) is 123 cm³/mol. The molecule has 2 aliphatic rings. The van der Waals surface area contributed by atoms with Gasteiger partial charge in [-0.3, -0.25) is 9.69 Å². The van der Waals surface area contributed by atoms with Crippen LogP contribution in [-0.4, -0.2) is 55.1 Å². The molecule has 5 rings (SSSR count). The Morgan fingerprint density at radius 3 is 2.66 bits per heavy atom. The molecule has 6 nitrogen and oxygen atoms in total. The molecule has 1 aliphatic heterocycles. The van der Waals surface area contributed by atoms with Crippen LogP contribution < -0.4 is 15.0 Å². The number of benzene rings is 2. The molecule has 0 bridgehead atoms. The average molecular weight is 435 g/mol. The van der Waals surface area contributed by atoms with Crippen molar-refractivity contribution < 1.29 is 13.9 Å². The Hall–Kier alpha value is -3.19. The van der Waals surface area contributed by atoms with Crippen molar-refractivity contribution in [3.63, 3.8) is 0 Å². The molecule has 1 saturated carbocycles. The van der Waals surface area contributed by atoms with E-state index in [1.807, 2.05) is 30.3 Å². The monoisotopic (exact) mass is 434 g/mol. The standard InChI is InChI=1S/C25H27FN4O2/c1-32-23-9-6-18(26)14-17(23)16-29-10-12-30(13-11-29)24-15-21(25(31)27-19-7-8-19)20-4-2-3-5-22(20)28-24/h2-6,9,14-15,19H,7-8,10-13,16H2,1H3,(H,27,31). The van der Waals surface area contributed by atoms with Crippen LogP contribution in [-0.2, 0) is 6.54 Å². The Kier molecular flexibility index (Phi) is 5.66. The lowest BCUT2D eigenvalue weighted by Crippen LogP contribution is -2.46. The van der Waals surface area contributed by atoms with E-state index in [0.29, 0.717) is 23.9 Å². The van der Waals surface area contributed by atoms with Gasteiger partial charge >= 0.3 is 0 Å². The number of para-hydroxylation sites is 1. The molecule has 2 heterocycles. The van der Waals surface area contributed by atoms with Gasteiger partial charge in [0.2, 0.25) is 0 Å². The SMILES string of the molecule is COc1ccc(F)cc1CN1CCN(c2cc(C(=O)NC3CC3)c3ccccc3n2)CC1. The van der Waals surface area contributed by atoms with Crippen molar-refractivity contribution in [2.45, 2.75) is 25.4 Å². The van der Waals surface area contributed by atoms with E-state index in [0.717, 1.165) is 61.3 Å². The zero-order valence-corrected chi connectivity index (χ0v) is 18.2. The number of methoxy groups -OCH3 is 1. The van der Waals surface area contributed by atoms with Crippen LogP contribution >= 0.6 is 0 Å². The number of hydrogen-bond donors (Lipinski definition) is 1. The molecular weight excluding hydrogens is 407 g/mol. The van der Waals surface area contributed by atoms with Crippen molar-refractivity contribution in [3.05, 3.63) is 65.5 Å². The third-order valence-corrected chi connectivity index (χ3v) is 6.19. The second-order valence-electron chi connectivity index (χ2n) is 8.51. The number of carbonyl (C=O) groups is 1. The van der Waals surface area contributed by atoms with Gasteiger partial charge in [0.25, 0.3) is 5.91 Å². The van der Waals surface area contributed by atoms with E-state index < -0.39 is 0 Å². The Balaban J connectivity index is 1.32. The fraction of sp³-hybridized carbons (Fsp3) is 0.360. The summed E-state index contributed by atoms with van der Waals surface area (Å²) in [5.74, 6) is 1.25. The largest absolute Gasteiger partial charge is 0.496 e. The minimum absolute atomic E-state index is 0.0239. The lowest BCUT2D eigenvalue weighted by atomic mass is 10.1. The number of nitrogens with one attached hydrogen (secondary N) is 1. The first-order valence-electron chi connectivity index (χ1n) is 11.1. The number of rotatable bonds is 6. The van der Waals surface area contributed by atoms with E-state index in [1.165, 1.54) is 6.07 Å². The lowest BCUT2D eigenvalue weighted by molar-refractivity contribution is 0.0952. The van der Waals surface area contributed by atoms with Gasteiger partial charge in [0.15, 0.2) is 0 Å². The van der Waals surface area contributed by atoms with Gasteiger partial charge < -0.3 is 15.0 Å². The van der Waals surface area contributed by atoms with Crippen molar-refractivity contribution in [2.75, 3.05) is 38.2 Å². The maximum absolute atomic E-state index is 13.7. The predicted octanol–water partition coefficient (Wildman–Crippen LogP) is 3.60.